The van der Waals surface area contributed by atoms with E-state index in [1.165, 1.54) is 15.8 Å². The van der Waals surface area contributed by atoms with Gasteiger partial charge in [0.05, 0.1) is 25.3 Å². The summed E-state index contributed by atoms with van der Waals surface area (Å²) in [5.41, 5.74) is 1.17. The van der Waals surface area contributed by atoms with Crippen LogP contribution in [0.1, 0.15) is 36.3 Å². The van der Waals surface area contributed by atoms with Crippen LogP contribution in [-0.4, -0.2) is 57.1 Å². The number of alkyl halides is 1. The summed E-state index contributed by atoms with van der Waals surface area (Å²) < 4.78 is 15.4. The summed E-state index contributed by atoms with van der Waals surface area (Å²) in [4.78, 5) is 26.2. The Balaban J connectivity index is 1.56. The molecule has 2 N–H and O–H groups in total. The zero-order valence-electron chi connectivity index (χ0n) is 16.7. The van der Waals surface area contributed by atoms with Gasteiger partial charge in [0.1, 0.15) is 6.17 Å². The molecule has 2 heterocycles. The van der Waals surface area contributed by atoms with Crippen LogP contribution in [0.2, 0.25) is 0 Å². The first-order valence-electron chi connectivity index (χ1n) is 9.83. The Bertz CT molecular complexity index is 825. The van der Waals surface area contributed by atoms with E-state index in [4.69, 9.17) is 0 Å². The van der Waals surface area contributed by atoms with Gasteiger partial charge in [-0.05, 0) is 11.5 Å². The van der Waals surface area contributed by atoms with Crippen LogP contribution in [0.3, 0.4) is 0 Å². The Labute approximate surface area is 169 Å². The van der Waals surface area contributed by atoms with Crippen molar-refractivity contribution in [1.82, 2.24) is 30.5 Å². The van der Waals surface area contributed by atoms with E-state index in [0.29, 0.717) is 19.0 Å². The molecule has 1 aliphatic heterocycles. The van der Waals surface area contributed by atoms with Crippen molar-refractivity contribution in [2.45, 2.75) is 45.6 Å². The number of carbonyl (C=O) groups is 2. The Morgan fingerprint density at radius 2 is 2.00 bits per heavy atom. The normalized spacial score (nSPS) is 18.8. The molecule has 9 heteroatoms. The largest absolute Gasteiger partial charge is 0.347 e. The predicted octanol–water partition coefficient (Wildman–Crippen LogP) is 1.99. The molecule has 1 fully saturated rings. The molecule has 0 spiro atoms. The lowest BCUT2D eigenvalue weighted by Crippen LogP contribution is -2.45. The average molecular weight is 402 g/mol. The van der Waals surface area contributed by atoms with Crippen LogP contribution >= 0.6 is 0 Å². The van der Waals surface area contributed by atoms with Crippen LogP contribution in [-0.2, 0) is 13.1 Å². The summed E-state index contributed by atoms with van der Waals surface area (Å²) in [6.45, 7) is 5.28. The maximum atomic E-state index is 13.9. The molecule has 1 aromatic heterocycles. The highest BCUT2D eigenvalue weighted by molar-refractivity contribution is 5.91. The second kappa shape index (κ2) is 9.49. The van der Waals surface area contributed by atoms with Crippen molar-refractivity contribution in [1.29, 1.82) is 0 Å². The van der Waals surface area contributed by atoms with Crippen LogP contribution in [0.15, 0.2) is 36.5 Å². The second-order valence-corrected chi connectivity index (χ2v) is 7.71. The second-order valence-electron chi connectivity index (χ2n) is 7.71. The predicted molar refractivity (Wildman–Crippen MR) is 106 cm³/mol. The first-order valence-corrected chi connectivity index (χ1v) is 9.83. The van der Waals surface area contributed by atoms with E-state index in [-0.39, 0.29) is 43.2 Å². The number of likely N-dealkylation sites (tertiary alicyclic amines) is 1. The van der Waals surface area contributed by atoms with E-state index < -0.39 is 6.17 Å². The Morgan fingerprint density at radius 1 is 1.24 bits per heavy atom. The number of hydrogen-bond donors (Lipinski definition) is 2. The van der Waals surface area contributed by atoms with Crippen LogP contribution < -0.4 is 10.6 Å². The summed E-state index contributed by atoms with van der Waals surface area (Å²) >= 11 is 0. The van der Waals surface area contributed by atoms with Gasteiger partial charge in [-0.25, -0.2) is 13.9 Å². The molecule has 0 aliphatic carbocycles. The zero-order valence-corrected chi connectivity index (χ0v) is 16.7. The Morgan fingerprint density at radius 3 is 2.72 bits per heavy atom. The smallest absolute Gasteiger partial charge is 0.317 e. The molecule has 1 aliphatic rings. The van der Waals surface area contributed by atoms with Gasteiger partial charge in [-0.1, -0.05) is 49.4 Å². The van der Waals surface area contributed by atoms with Gasteiger partial charge < -0.3 is 15.5 Å². The monoisotopic (exact) mass is 402 g/mol. The van der Waals surface area contributed by atoms with Crippen molar-refractivity contribution in [3.05, 3.63) is 47.8 Å². The number of amides is 3. The summed E-state index contributed by atoms with van der Waals surface area (Å²) in [6, 6.07) is 8.95. The lowest BCUT2D eigenvalue weighted by atomic mass is 10.2. The fourth-order valence-corrected chi connectivity index (χ4v) is 3.25. The Kier molecular flexibility index (Phi) is 6.79. The molecule has 1 aromatic carbocycles. The summed E-state index contributed by atoms with van der Waals surface area (Å²) in [5, 5.41) is 13.5. The van der Waals surface area contributed by atoms with Gasteiger partial charge >= 0.3 is 6.03 Å². The zero-order chi connectivity index (χ0) is 20.8. The number of rotatable bonds is 7. The minimum atomic E-state index is -1.07. The summed E-state index contributed by atoms with van der Waals surface area (Å²) in [6.07, 6.45) is 0.697. The third-order valence-electron chi connectivity index (χ3n) is 4.75. The van der Waals surface area contributed by atoms with E-state index in [9.17, 15) is 14.0 Å². The third-order valence-corrected chi connectivity index (χ3v) is 4.75. The molecule has 3 rings (SSSR count). The van der Waals surface area contributed by atoms with E-state index in [1.807, 2.05) is 44.2 Å². The highest BCUT2D eigenvalue weighted by Gasteiger charge is 2.35. The molecule has 2 aromatic rings. The van der Waals surface area contributed by atoms with Crippen molar-refractivity contribution >= 4 is 11.9 Å². The van der Waals surface area contributed by atoms with E-state index in [0.717, 1.165) is 5.56 Å². The van der Waals surface area contributed by atoms with Crippen LogP contribution in [0.25, 0.3) is 0 Å². The molecular formula is C20H27FN6O2. The summed E-state index contributed by atoms with van der Waals surface area (Å²) in [7, 11) is 0. The van der Waals surface area contributed by atoms with Crippen molar-refractivity contribution in [2.24, 2.45) is 5.92 Å². The van der Waals surface area contributed by atoms with E-state index >= 15 is 0 Å². The molecule has 2 atom stereocenters. The molecule has 29 heavy (non-hydrogen) atoms. The number of benzene rings is 1. The van der Waals surface area contributed by atoms with Gasteiger partial charge in [-0.15, -0.1) is 5.10 Å². The molecule has 0 radical (unpaired) electrons. The molecule has 3 amide bonds. The number of carbonyl (C=O) groups excluding carboxylic acids is 2. The quantitative estimate of drug-likeness (QED) is 0.741. The maximum Gasteiger partial charge on any atom is 0.317 e. The molecule has 1 saturated heterocycles. The summed E-state index contributed by atoms with van der Waals surface area (Å²) in [5.74, 6) is -0.0186. The lowest BCUT2D eigenvalue weighted by molar-refractivity contribution is 0.0945. The van der Waals surface area contributed by atoms with Gasteiger partial charge in [0.25, 0.3) is 5.91 Å². The van der Waals surface area contributed by atoms with Crippen molar-refractivity contribution in [3.63, 3.8) is 0 Å². The molecule has 8 nitrogen and oxygen atoms in total. The van der Waals surface area contributed by atoms with E-state index in [1.54, 1.807) is 0 Å². The molecule has 0 saturated carbocycles. The Hall–Kier alpha value is -2.97. The van der Waals surface area contributed by atoms with Crippen molar-refractivity contribution in [2.75, 3.05) is 13.1 Å². The molecule has 0 unspecified atom stereocenters. The maximum absolute atomic E-state index is 13.9. The lowest BCUT2D eigenvalue weighted by Gasteiger charge is -2.24. The third kappa shape index (κ3) is 5.75. The average Bonchev–Trinajstić information content (AvgIpc) is 3.32. The minimum Gasteiger partial charge on any atom is -0.347 e. The number of aromatic nitrogens is 3. The first kappa shape index (κ1) is 20.8. The topological polar surface area (TPSA) is 92.2 Å². The number of hydrogen-bond acceptors (Lipinski definition) is 4. The van der Waals surface area contributed by atoms with Gasteiger partial charge in [0.2, 0.25) is 0 Å². The van der Waals surface area contributed by atoms with Gasteiger partial charge in [-0.3, -0.25) is 4.79 Å². The highest BCUT2D eigenvalue weighted by Crippen LogP contribution is 2.22. The van der Waals surface area contributed by atoms with Crippen LogP contribution in [0.5, 0.6) is 0 Å². The SMILES string of the molecule is CC(C)CNC(=O)N1C[C@@H](F)C[C@H]1Cn1cc(C(=O)NCc2ccccc2)nn1. The van der Waals surface area contributed by atoms with Crippen molar-refractivity contribution < 1.29 is 14.0 Å². The van der Waals surface area contributed by atoms with Gasteiger partial charge in [-0.2, -0.15) is 0 Å². The number of nitrogens with zero attached hydrogens (tertiary/aromatic N) is 4. The molecule has 156 valence electrons. The van der Waals surface area contributed by atoms with Crippen LogP contribution in [0.4, 0.5) is 9.18 Å². The van der Waals surface area contributed by atoms with Gasteiger partial charge in [0.15, 0.2) is 5.69 Å². The number of nitrogens with one attached hydrogen (secondary N) is 2. The first-order chi connectivity index (χ1) is 13.9. The van der Waals surface area contributed by atoms with Crippen molar-refractivity contribution in [3.8, 4) is 0 Å². The standard InChI is InChI=1S/C20H27FN6O2/c1-14(2)9-23-20(29)27-11-16(21)8-17(27)12-26-13-18(24-25-26)19(28)22-10-15-6-4-3-5-7-15/h3-7,13-14,16-17H,8-12H2,1-2H3,(H,22,28)(H,23,29)/t16-,17-/m0/s1. The molecular weight excluding hydrogens is 375 g/mol. The fourth-order valence-electron chi connectivity index (χ4n) is 3.25. The fraction of sp³-hybridized carbons (Fsp3) is 0.500. The molecule has 0 bridgehead atoms. The highest BCUT2D eigenvalue weighted by atomic mass is 19.1. The number of halogens is 1. The van der Waals surface area contributed by atoms with Gasteiger partial charge in [0, 0.05) is 19.5 Å². The van der Waals surface area contributed by atoms with Crippen LogP contribution in [0, 0.1) is 5.92 Å². The van der Waals surface area contributed by atoms with E-state index in [2.05, 4.69) is 20.9 Å². The minimum absolute atomic E-state index is 0.0632. The number of urea groups is 1.